The van der Waals surface area contributed by atoms with Gasteiger partial charge in [0, 0.05) is 0 Å². The van der Waals surface area contributed by atoms with Crippen molar-refractivity contribution in [2.24, 2.45) is 0 Å². The average Bonchev–Trinajstić information content (AvgIpc) is 2.64. The van der Waals surface area contributed by atoms with E-state index in [1.165, 1.54) is 57.8 Å². The Morgan fingerprint density at radius 3 is 1.88 bits per heavy atom. The summed E-state index contributed by atoms with van der Waals surface area (Å²) >= 11 is 0. The fourth-order valence-electron chi connectivity index (χ4n) is 3.37. The minimum Gasteiger partial charge on any atom is -0.0654 e. The second-order valence-electron chi connectivity index (χ2n) is 7.04. The summed E-state index contributed by atoms with van der Waals surface area (Å²) < 4.78 is 0. The van der Waals surface area contributed by atoms with E-state index in [1.807, 2.05) is 0 Å². The van der Waals surface area contributed by atoms with Crippen LogP contribution in [0, 0.1) is 0 Å². The van der Waals surface area contributed by atoms with Crippen LogP contribution in [-0.4, -0.2) is 0 Å². The maximum absolute atomic E-state index is 2.38. The second-order valence-corrected chi connectivity index (χ2v) is 8.36. The molecular weight excluding hydrogens is 319 g/mol. The van der Waals surface area contributed by atoms with Gasteiger partial charge in [-0.15, -0.1) is 0 Å². The molecule has 0 spiro atoms. The maximum Gasteiger partial charge on any atom is -0.0191 e. The number of hydrogen-bond acceptors (Lipinski definition) is 0. The largest absolute Gasteiger partial charge is 0.0654 e. The van der Waals surface area contributed by atoms with Gasteiger partial charge in [-0.1, -0.05) is 91.1 Å². The molecule has 0 saturated heterocycles. The monoisotopic (exact) mass is 354 g/mol. The molecule has 2 aromatic rings. The van der Waals surface area contributed by atoms with E-state index in [0.717, 1.165) is 8.58 Å². The first-order valence-corrected chi connectivity index (χ1v) is 11.3. The summed E-state index contributed by atoms with van der Waals surface area (Å²) in [5.74, 6) is 0. The van der Waals surface area contributed by atoms with Gasteiger partial charge in [-0.2, -0.15) is 0 Å². The van der Waals surface area contributed by atoms with Crippen molar-refractivity contribution in [3.05, 3.63) is 59.2 Å². The van der Waals surface area contributed by atoms with Crippen LogP contribution in [0.3, 0.4) is 0 Å². The van der Waals surface area contributed by atoms with E-state index < -0.39 is 0 Å². The molecule has 0 bridgehead atoms. The van der Waals surface area contributed by atoms with Crippen LogP contribution in [-0.2, 0) is 19.3 Å². The second kappa shape index (κ2) is 11.5. The van der Waals surface area contributed by atoms with E-state index in [2.05, 4.69) is 63.2 Å². The zero-order valence-electron chi connectivity index (χ0n) is 16.4. The molecule has 136 valence electrons. The third-order valence-electron chi connectivity index (χ3n) is 4.94. The van der Waals surface area contributed by atoms with Crippen LogP contribution in [0.25, 0.3) is 0 Å². The predicted octanol–water partition coefficient (Wildman–Crippen LogP) is 6.34. The van der Waals surface area contributed by atoms with E-state index in [1.54, 1.807) is 27.3 Å². The third kappa shape index (κ3) is 6.27. The zero-order chi connectivity index (χ0) is 17.9. The standard InChI is InChI=1S/C24H35P/c1-4-7-13-20-16-12-19-24(22(20)17-9-6-3)25-23-18-11-10-15-21(23)14-8-5-2/h10-12,15-16,18-19,25H,4-9,13-14,17H2,1-3H3. The number of hydrogen-bond donors (Lipinski definition) is 0. The van der Waals surface area contributed by atoms with Crippen molar-refractivity contribution < 1.29 is 0 Å². The van der Waals surface area contributed by atoms with Crippen LogP contribution >= 0.6 is 8.58 Å². The summed E-state index contributed by atoms with van der Waals surface area (Å²) in [4.78, 5) is 0. The summed E-state index contributed by atoms with van der Waals surface area (Å²) in [5, 5.41) is 3.15. The molecule has 2 rings (SSSR count). The molecule has 0 saturated carbocycles. The van der Waals surface area contributed by atoms with Gasteiger partial charge in [0.1, 0.15) is 0 Å². The highest BCUT2D eigenvalue weighted by molar-refractivity contribution is 7.55. The van der Waals surface area contributed by atoms with Crippen LogP contribution in [0.2, 0.25) is 0 Å². The average molecular weight is 355 g/mol. The molecule has 1 unspecified atom stereocenters. The predicted molar refractivity (Wildman–Crippen MR) is 116 cm³/mol. The summed E-state index contributed by atoms with van der Waals surface area (Å²) in [6.07, 6.45) is 11.4. The van der Waals surface area contributed by atoms with Crippen LogP contribution < -0.4 is 10.6 Å². The van der Waals surface area contributed by atoms with E-state index >= 15 is 0 Å². The van der Waals surface area contributed by atoms with Gasteiger partial charge in [-0.25, -0.2) is 0 Å². The molecule has 0 aliphatic rings. The van der Waals surface area contributed by atoms with Crippen molar-refractivity contribution in [3.8, 4) is 0 Å². The SMILES string of the molecule is CCCCc1ccccc1Pc1cccc(CCCC)c1CCCC. The Labute approximate surface area is 157 Å². The van der Waals surface area contributed by atoms with Gasteiger partial charge >= 0.3 is 0 Å². The lowest BCUT2D eigenvalue weighted by atomic mass is 9.98. The van der Waals surface area contributed by atoms with Gasteiger partial charge in [0.05, 0.1) is 0 Å². The van der Waals surface area contributed by atoms with Gasteiger partial charge in [0.15, 0.2) is 0 Å². The molecular formula is C24H35P. The van der Waals surface area contributed by atoms with Gasteiger partial charge in [-0.05, 0) is 65.8 Å². The Hall–Kier alpha value is -1.13. The van der Waals surface area contributed by atoms with Crippen molar-refractivity contribution in [2.45, 2.75) is 78.6 Å². The van der Waals surface area contributed by atoms with Crippen LogP contribution in [0.4, 0.5) is 0 Å². The molecule has 0 amide bonds. The van der Waals surface area contributed by atoms with Gasteiger partial charge in [0.25, 0.3) is 0 Å². The minimum absolute atomic E-state index is 0.798. The van der Waals surface area contributed by atoms with E-state index in [0.29, 0.717) is 0 Å². The van der Waals surface area contributed by atoms with Crippen LogP contribution in [0.1, 0.15) is 76.0 Å². The fraction of sp³-hybridized carbons (Fsp3) is 0.500. The van der Waals surface area contributed by atoms with Crippen LogP contribution in [0.5, 0.6) is 0 Å². The Bertz CT molecular complexity index is 630. The lowest BCUT2D eigenvalue weighted by Gasteiger charge is -2.17. The van der Waals surface area contributed by atoms with Crippen molar-refractivity contribution >= 4 is 19.2 Å². The Morgan fingerprint density at radius 2 is 1.16 bits per heavy atom. The Balaban J connectivity index is 2.28. The molecule has 0 aliphatic carbocycles. The fourth-order valence-corrected chi connectivity index (χ4v) is 4.83. The highest BCUT2D eigenvalue weighted by atomic mass is 31.1. The quantitative estimate of drug-likeness (QED) is 0.413. The molecule has 0 radical (unpaired) electrons. The molecule has 0 fully saturated rings. The van der Waals surface area contributed by atoms with Gasteiger partial charge in [0.2, 0.25) is 0 Å². The summed E-state index contributed by atoms with van der Waals surface area (Å²) in [5.41, 5.74) is 4.82. The maximum atomic E-state index is 2.38. The number of benzene rings is 2. The molecule has 0 nitrogen and oxygen atoms in total. The van der Waals surface area contributed by atoms with E-state index in [9.17, 15) is 0 Å². The molecule has 0 N–H and O–H groups in total. The molecule has 0 aliphatic heterocycles. The summed E-state index contributed by atoms with van der Waals surface area (Å²) in [7, 11) is 0.798. The zero-order valence-corrected chi connectivity index (χ0v) is 17.4. The van der Waals surface area contributed by atoms with Crippen molar-refractivity contribution in [3.63, 3.8) is 0 Å². The molecule has 0 aromatic heterocycles. The normalized spacial score (nSPS) is 11.5. The topological polar surface area (TPSA) is 0 Å². The first-order chi connectivity index (χ1) is 12.3. The molecule has 2 aromatic carbocycles. The van der Waals surface area contributed by atoms with Gasteiger partial charge < -0.3 is 0 Å². The Kier molecular flexibility index (Phi) is 9.27. The molecule has 0 heterocycles. The number of unbranched alkanes of at least 4 members (excludes halogenated alkanes) is 3. The summed E-state index contributed by atoms with van der Waals surface area (Å²) in [6.45, 7) is 6.88. The van der Waals surface area contributed by atoms with Crippen molar-refractivity contribution in [1.82, 2.24) is 0 Å². The first-order valence-electron chi connectivity index (χ1n) is 10.3. The third-order valence-corrected chi connectivity index (χ3v) is 6.43. The highest BCUT2D eigenvalue weighted by Gasteiger charge is 2.10. The van der Waals surface area contributed by atoms with Crippen molar-refractivity contribution in [2.75, 3.05) is 0 Å². The lowest BCUT2D eigenvalue weighted by molar-refractivity contribution is 0.761. The number of rotatable bonds is 11. The summed E-state index contributed by atoms with van der Waals surface area (Å²) in [6, 6.07) is 16.2. The van der Waals surface area contributed by atoms with Crippen LogP contribution in [0.15, 0.2) is 42.5 Å². The van der Waals surface area contributed by atoms with Gasteiger partial charge in [-0.3, -0.25) is 0 Å². The van der Waals surface area contributed by atoms with E-state index in [4.69, 9.17) is 0 Å². The minimum atomic E-state index is 0.798. The lowest BCUT2D eigenvalue weighted by Crippen LogP contribution is -2.15. The molecule has 25 heavy (non-hydrogen) atoms. The highest BCUT2D eigenvalue weighted by Crippen LogP contribution is 2.22. The molecule has 1 atom stereocenters. The Morgan fingerprint density at radius 1 is 0.600 bits per heavy atom. The smallest absolute Gasteiger partial charge is 0.0191 e. The van der Waals surface area contributed by atoms with E-state index in [-0.39, 0.29) is 0 Å². The first kappa shape index (κ1) is 20.2. The molecule has 1 heteroatoms. The number of aryl methyl sites for hydroxylation is 2. The van der Waals surface area contributed by atoms with Crippen molar-refractivity contribution in [1.29, 1.82) is 0 Å².